The highest BCUT2D eigenvalue weighted by molar-refractivity contribution is 9.10. The summed E-state index contributed by atoms with van der Waals surface area (Å²) in [6, 6.07) is 6.83. The van der Waals surface area contributed by atoms with E-state index in [4.69, 9.17) is 9.47 Å². The lowest BCUT2D eigenvalue weighted by molar-refractivity contribution is 0.102. The minimum absolute atomic E-state index is 0.306. The van der Waals surface area contributed by atoms with Crippen molar-refractivity contribution in [3.63, 3.8) is 0 Å². The largest absolute Gasteiger partial charge is 0.497 e. The molecule has 0 fully saturated rings. The fourth-order valence-corrected chi connectivity index (χ4v) is 2.00. The fraction of sp³-hybridized carbons (Fsp3) is 0.200. The molecule has 0 atom stereocenters. The topological polar surface area (TPSA) is 60.5 Å². The third-order valence-corrected chi connectivity index (χ3v) is 3.77. The molecule has 21 heavy (non-hydrogen) atoms. The highest BCUT2D eigenvalue weighted by Gasteiger charge is 2.14. The van der Waals surface area contributed by atoms with Crippen LogP contribution < -0.4 is 14.8 Å². The Morgan fingerprint density at radius 2 is 2.00 bits per heavy atom. The van der Waals surface area contributed by atoms with Crippen molar-refractivity contribution in [1.82, 2.24) is 4.98 Å². The number of carbonyl (C=O) groups excluding carboxylic acids is 1. The summed E-state index contributed by atoms with van der Waals surface area (Å²) < 4.78 is 11.2. The molecule has 1 N–H and O–H groups in total. The van der Waals surface area contributed by atoms with Crippen molar-refractivity contribution >= 4 is 27.7 Å². The van der Waals surface area contributed by atoms with Crippen LogP contribution in [0.2, 0.25) is 0 Å². The molecular formula is C15H15BrN2O3. The number of ether oxygens (including phenoxy) is 2. The summed E-state index contributed by atoms with van der Waals surface area (Å²) in [5.74, 6) is 1.23. The van der Waals surface area contributed by atoms with E-state index >= 15 is 0 Å². The van der Waals surface area contributed by atoms with Crippen molar-refractivity contribution in [3.8, 4) is 11.5 Å². The molecule has 2 rings (SSSR count). The lowest BCUT2D eigenvalue weighted by Crippen LogP contribution is -2.14. The first-order valence-corrected chi connectivity index (χ1v) is 7.00. The minimum atomic E-state index is -0.306. The average molecular weight is 351 g/mol. The SMILES string of the molecule is COc1ccc(OC)c(C(=O)Nc2cc(C)c(Br)cn2)c1. The first kappa shape index (κ1) is 15.3. The number of methoxy groups -OCH3 is 2. The molecule has 6 heteroatoms. The summed E-state index contributed by atoms with van der Waals surface area (Å²) in [4.78, 5) is 16.5. The van der Waals surface area contributed by atoms with Gasteiger partial charge in [-0.3, -0.25) is 4.79 Å². The molecule has 0 radical (unpaired) electrons. The highest BCUT2D eigenvalue weighted by Crippen LogP contribution is 2.25. The first-order chi connectivity index (χ1) is 10.0. The van der Waals surface area contributed by atoms with Gasteiger partial charge < -0.3 is 14.8 Å². The molecule has 5 nitrogen and oxygen atoms in total. The third kappa shape index (κ3) is 3.52. The molecule has 1 heterocycles. The number of rotatable bonds is 4. The second kappa shape index (κ2) is 6.58. The van der Waals surface area contributed by atoms with Crippen LogP contribution in [0.3, 0.4) is 0 Å². The number of anilines is 1. The van der Waals surface area contributed by atoms with Crippen molar-refractivity contribution < 1.29 is 14.3 Å². The van der Waals surface area contributed by atoms with Crippen LogP contribution in [-0.4, -0.2) is 25.1 Å². The van der Waals surface area contributed by atoms with Gasteiger partial charge in [0.1, 0.15) is 17.3 Å². The van der Waals surface area contributed by atoms with E-state index in [2.05, 4.69) is 26.2 Å². The Bertz CT molecular complexity index is 674. The number of pyridine rings is 1. The first-order valence-electron chi connectivity index (χ1n) is 6.20. The molecular weight excluding hydrogens is 336 g/mol. The van der Waals surface area contributed by atoms with Crippen LogP contribution >= 0.6 is 15.9 Å². The van der Waals surface area contributed by atoms with Crippen molar-refractivity contribution in [2.75, 3.05) is 19.5 Å². The van der Waals surface area contributed by atoms with Crippen molar-refractivity contribution in [2.24, 2.45) is 0 Å². The van der Waals surface area contributed by atoms with Crippen LogP contribution in [0.4, 0.5) is 5.82 Å². The van der Waals surface area contributed by atoms with Crippen LogP contribution in [0, 0.1) is 6.92 Å². The van der Waals surface area contributed by atoms with Crippen LogP contribution in [-0.2, 0) is 0 Å². The molecule has 0 aliphatic carbocycles. The molecule has 1 amide bonds. The number of hydrogen-bond donors (Lipinski definition) is 1. The number of nitrogens with zero attached hydrogens (tertiary/aromatic N) is 1. The zero-order valence-electron chi connectivity index (χ0n) is 11.9. The normalized spacial score (nSPS) is 10.1. The van der Waals surface area contributed by atoms with E-state index in [1.807, 2.05) is 6.92 Å². The number of amides is 1. The smallest absolute Gasteiger partial charge is 0.260 e. The number of carbonyl (C=O) groups is 1. The predicted octanol–water partition coefficient (Wildman–Crippen LogP) is 3.42. The summed E-state index contributed by atoms with van der Waals surface area (Å²) in [5, 5.41) is 2.75. The Morgan fingerprint density at radius 1 is 1.24 bits per heavy atom. The molecule has 1 aromatic carbocycles. The number of aromatic nitrogens is 1. The maximum absolute atomic E-state index is 12.4. The lowest BCUT2D eigenvalue weighted by Gasteiger charge is -2.11. The van der Waals surface area contributed by atoms with Crippen LogP contribution in [0.15, 0.2) is 34.9 Å². The van der Waals surface area contributed by atoms with Gasteiger partial charge in [0.15, 0.2) is 0 Å². The van der Waals surface area contributed by atoms with Crippen LogP contribution in [0.25, 0.3) is 0 Å². The second-order valence-corrected chi connectivity index (χ2v) is 5.19. The molecule has 0 aliphatic rings. The van der Waals surface area contributed by atoms with E-state index in [-0.39, 0.29) is 5.91 Å². The summed E-state index contributed by atoms with van der Waals surface area (Å²) >= 11 is 3.37. The second-order valence-electron chi connectivity index (χ2n) is 4.34. The van der Waals surface area contributed by atoms with Crippen molar-refractivity contribution in [2.45, 2.75) is 6.92 Å². The number of aryl methyl sites for hydroxylation is 1. The number of nitrogens with one attached hydrogen (secondary N) is 1. The zero-order valence-corrected chi connectivity index (χ0v) is 13.5. The highest BCUT2D eigenvalue weighted by atomic mass is 79.9. The third-order valence-electron chi connectivity index (χ3n) is 2.94. The minimum Gasteiger partial charge on any atom is -0.497 e. The Kier molecular flexibility index (Phi) is 4.80. The lowest BCUT2D eigenvalue weighted by atomic mass is 10.1. The van der Waals surface area contributed by atoms with Gasteiger partial charge in [0, 0.05) is 10.7 Å². The molecule has 0 saturated heterocycles. The van der Waals surface area contributed by atoms with E-state index in [1.165, 1.54) is 7.11 Å². The van der Waals surface area contributed by atoms with Crippen molar-refractivity contribution in [3.05, 3.63) is 46.1 Å². The van der Waals surface area contributed by atoms with Crippen LogP contribution in [0.1, 0.15) is 15.9 Å². The molecule has 2 aromatic rings. The maximum Gasteiger partial charge on any atom is 0.260 e. The molecule has 0 aliphatic heterocycles. The van der Waals surface area contributed by atoms with Gasteiger partial charge in [-0.15, -0.1) is 0 Å². The van der Waals surface area contributed by atoms with E-state index in [0.717, 1.165) is 10.0 Å². The Hall–Kier alpha value is -2.08. The summed E-state index contributed by atoms with van der Waals surface area (Å²) in [6.07, 6.45) is 1.65. The van der Waals surface area contributed by atoms with Crippen LogP contribution in [0.5, 0.6) is 11.5 Å². The van der Waals surface area contributed by atoms with Gasteiger partial charge in [0.25, 0.3) is 5.91 Å². The van der Waals surface area contributed by atoms with Crippen molar-refractivity contribution in [1.29, 1.82) is 0 Å². The van der Waals surface area contributed by atoms with Gasteiger partial charge >= 0.3 is 0 Å². The van der Waals surface area contributed by atoms with Gasteiger partial charge in [0.05, 0.1) is 19.8 Å². The Labute approximate surface area is 131 Å². The number of benzene rings is 1. The fourth-order valence-electron chi connectivity index (χ4n) is 1.78. The average Bonchev–Trinajstić information content (AvgIpc) is 2.50. The summed E-state index contributed by atoms with van der Waals surface area (Å²) in [7, 11) is 3.06. The molecule has 110 valence electrons. The molecule has 0 saturated carbocycles. The molecule has 0 unspecified atom stereocenters. The van der Waals surface area contributed by atoms with Gasteiger partial charge in [-0.1, -0.05) is 0 Å². The Balaban J connectivity index is 2.28. The van der Waals surface area contributed by atoms with Gasteiger partial charge in [-0.25, -0.2) is 4.98 Å². The summed E-state index contributed by atoms with van der Waals surface area (Å²) in [5.41, 5.74) is 1.37. The number of halogens is 1. The standard InChI is InChI=1S/C15H15BrN2O3/c1-9-6-14(17-8-12(9)16)18-15(19)11-7-10(20-2)4-5-13(11)21-3/h4-8H,1-3H3,(H,17,18,19). The van der Waals surface area contributed by atoms with Gasteiger partial charge in [-0.05, 0) is 52.7 Å². The predicted molar refractivity (Wildman–Crippen MR) is 84.2 cm³/mol. The quantitative estimate of drug-likeness (QED) is 0.917. The monoisotopic (exact) mass is 350 g/mol. The maximum atomic E-state index is 12.4. The molecule has 0 bridgehead atoms. The van der Waals surface area contributed by atoms with E-state index in [9.17, 15) is 4.79 Å². The van der Waals surface area contributed by atoms with Gasteiger partial charge in [-0.2, -0.15) is 0 Å². The summed E-state index contributed by atoms with van der Waals surface area (Å²) in [6.45, 7) is 1.92. The molecule has 0 spiro atoms. The van der Waals surface area contributed by atoms with E-state index < -0.39 is 0 Å². The zero-order chi connectivity index (χ0) is 15.4. The van der Waals surface area contributed by atoms with E-state index in [0.29, 0.717) is 22.9 Å². The van der Waals surface area contributed by atoms with E-state index in [1.54, 1.807) is 37.6 Å². The van der Waals surface area contributed by atoms with Gasteiger partial charge in [0.2, 0.25) is 0 Å². The number of hydrogen-bond acceptors (Lipinski definition) is 4. The Morgan fingerprint density at radius 3 is 2.62 bits per heavy atom. The molecule has 1 aromatic heterocycles.